The summed E-state index contributed by atoms with van der Waals surface area (Å²) in [6, 6.07) is 0. The van der Waals surface area contributed by atoms with Crippen molar-refractivity contribution in [3.63, 3.8) is 0 Å². The number of imidazole rings is 1. The molecule has 0 aromatic carbocycles. The molecule has 2 aromatic heterocycles. The molecule has 0 saturated carbocycles. The number of anilines is 1. The van der Waals surface area contributed by atoms with Gasteiger partial charge in [-0.1, -0.05) is 0 Å². The van der Waals surface area contributed by atoms with Gasteiger partial charge in [0.2, 0.25) is 0 Å². The van der Waals surface area contributed by atoms with E-state index in [0.29, 0.717) is 6.42 Å². The van der Waals surface area contributed by atoms with Gasteiger partial charge < -0.3 is 20.7 Å². The third-order valence-electron chi connectivity index (χ3n) is 4.07. The van der Waals surface area contributed by atoms with Crippen molar-refractivity contribution in [2.45, 2.75) is 31.0 Å². The number of rotatable bonds is 4. The van der Waals surface area contributed by atoms with Crippen LogP contribution in [0.25, 0.3) is 11.2 Å². The summed E-state index contributed by atoms with van der Waals surface area (Å²) in [4.78, 5) is 11.4. The Morgan fingerprint density at radius 2 is 2.08 bits per heavy atom. The normalized spacial score (nSPS) is 27.9. The molecule has 1 aliphatic heterocycles. The number of halogens is 1. The van der Waals surface area contributed by atoms with Crippen molar-refractivity contribution >= 4 is 30.2 Å². The van der Waals surface area contributed by atoms with Crippen LogP contribution in [-0.2, 0) is 4.74 Å². The van der Waals surface area contributed by atoms with Gasteiger partial charge in [0.05, 0.1) is 6.10 Å². The number of nitrogens with two attached hydrogens (primary N) is 1. The fourth-order valence-corrected chi connectivity index (χ4v) is 3.74. The minimum atomic E-state index is -1.30. The number of nitrogens with zero attached hydrogens (tertiary/aromatic N) is 4. The molecular formula is C14H21FN5O3P. The quantitative estimate of drug-likeness (QED) is 0.531. The summed E-state index contributed by atoms with van der Waals surface area (Å²) in [6.45, 7) is 2.85. The van der Waals surface area contributed by atoms with Crippen LogP contribution in [0.3, 0.4) is 0 Å². The van der Waals surface area contributed by atoms with Crippen LogP contribution in [0.1, 0.15) is 12.6 Å². The second-order valence-electron chi connectivity index (χ2n) is 6.68. The highest BCUT2D eigenvalue weighted by Crippen LogP contribution is 2.40. The molecule has 3 rings (SSSR count). The van der Waals surface area contributed by atoms with Gasteiger partial charge in [0.25, 0.3) is 6.08 Å². The van der Waals surface area contributed by atoms with Gasteiger partial charge in [-0.15, -0.1) is 13.2 Å². The molecule has 10 heteroatoms. The van der Waals surface area contributed by atoms with Gasteiger partial charge in [-0.2, -0.15) is 9.37 Å². The third-order valence-corrected chi connectivity index (χ3v) is 5.54. The maximum Gasteiger partial charge on any atom is 0.293 e. The molecule has 2 aromatic rings. The molecule has 0 aliphatic carbocycles. The summed E-state index contributed by atoms with van der Waals surface area (Å²) in [5, 5.41) is 20.6. The van der Waals surface area contributed by atoms with Gasteiger partial charge in [0, 0.05) is 0 Å². The largest absolute Gasteiger partial charge is 0.388 e. The second kappa shape index (κ2) is 6.07. The Morgan fingerprint density at radius 3 is 2.75 bits per heavy atom. The highest BCUT2D eigenvalue weighted by atomic mass is 31.2. The number of ether oxygens (including phenoxy) is 1. The molecular weight excluding hydrogens is 336 g/mol. The number of aliphatic hydroxyl groups excluding tert-OH is 2. The molecule has 0 radical (unpaired) electrons. The summed E-state index contributed by atoms with van der Waals surface area (Å²) in [5.74, 6) is 0.0332. The Balaban J connectivity index is 1.92. The van der Waals surface area contributed by atoms with Crippen molar-refractivity contribution in [2.75, 3.05) is 25.2 Å². The first-order valence-corrected chi connectivity index (χ1v) is 10.6. The van der Waals surface area contributed by atoms with Gasteiger partial charge in [0.1, 0.15) is 18.5 Å². The van der Waals surface area contributed by atoms with Crippen molar-refractivity contribution in [3.05, 3.63) is 12.4 Å². The predicted octanol–water partition coefficient (Wildman–Crippen LogP) is 0.266. The van der Waals surface area contributed by atoms with Crippen molar-refractivity contribution in [2.24, 2.45) is 0 Å². The highest BCUT2D eigenvalue weighted by molar-refractivity contribution is 7.72. The molecule has 24 heavy (non-hydrogen) atoms. The summed E-state index contributed by atoms with van der Waals surface area (Å²) >= 11 is 0. The van der Waals surface area contributed by atoms with Crippen molar-refractivity contribution in [3.8, 4) is 0 Å². The molecule has 0 unspecified atom stereocenters. The van der Waals surface area contributed by atoms with E-state index < -0.39 is 37.5 Å². The first-order valence-electron chi connectivity index (χ1n) is 7.52. The molecule has 132 valence electrons. The fraction of sp³-hybridized carbons (Fsp3) is 0.571. The summed E-state index contributed by atoms with van der Waals surface area (Å²) in [6.07, 6.45) is 1.54. The average Bonchev–Trinajstić information content (AvgIpc) is 2.96. The van der Waals surface area contributed by atoms with Crippen molar-refractivity contribution in [1.82, 2.24) is 19.5 Å². The van der Waals surface area contributed by atoms with Crippen LogP contribution in [0.5, 0.6) is 0 Å². The molecule has 3 heterocycles. The SMILES string of the molecule is C=P(C)(C)CC[C@H]1O[C@@H](n2c(F)nc3c(N)ncnc32)[C@H](O)[C@@H]1O. The maximum absolute atomic E-state index is 14.3. The van der Waals surface area contributed by atoms with Crippen molar-refractivity contribution < 1.29 is 19.3 Å². The first kappa shape index (κ1) is 17.3. The van der Waals surface area contributed by atoms with Crippen LogP contribution in [-0.4, -0.2) is 73.8 Å². The van der Waals surface area contributed by atoms with E-state index in [4.69, 9.17) is 10.5 Å². The summed E-state index contributed by atoms with van der Waals surface area (Å²) < 4.78 is 21.0. The molecule has 4 N–H and O–H groups in total. The molecule has 1 aliphatic rings. The topological polar surface area (TPSA) is 119 Å². The molecule has 0 amide bonds. The van der Waals surface area contributed by atoms with Gasteiger partial charge in [0.15, 0.2) is 23.2 Å². The lowest BCUT2D eigenvalue weighted by Crippen LogP contribution is -2.32. The van der Waals surface area contributed by atoms with Crippen LogP contribution < -0.4 is 5.73 Å². The molecule has 0 bridgehead atoms. The second-order valence-corrected chi connectivity index (χ2v) is 11.0. The number of hydrogen-bond acceptors (Lipinski definition) is 7. The smallest absolute Gasteiger partial charge is 0.293 e. The lowest BCUT2D eigenvalue weighted by molar-refractivity contribution is -0.0413. The molecule has 0 spiro atoms. The minimum Gasteiger partial charge on any atom is -0.388 e. The van der Waals surface area contributed by atoms with Crippen LogP contribution in [0.4, 0.5) is 10.2 Å². The molecule has 1 saturated heterocycles. The van der Waals surface area contributed by atoms with E-state index in [1.54, 1.807) is 0 Å². The van der Waals surface area contributed by atoms with Gasteiger partial charge in [-0.3, -0.25) is 4.57 Å². The Morgan fingerprint density at radius 1 is 1.38 bits per heavy atom. The standard InChI is InChI=1S/C14H21FN5O3P/c1-24(2,3)5-4-7-9(21)10(22)13(23-7)20-12-8(19-14(20)15)11(16)17-6-18-12/h6-7,9-10,13,21-22H,1,4-5H2,2-3H3,(H2,16,17,18)/t7-,9-,10-,13-/m1/s1. The van der Waals surface area contributed by atoms with Crippen LogP contribution >= 0.6 is 6.89 Å². The van der Waals surface area contributed by atoms with Crippen LogP contribution in [0.2, 0.25) is 0 Å². The Hall–Kier alpha value is -1.54. The number of fused-ring (bicyclic) bond motifs is 1. The monoisotopic (exact) mass is 357 g/mol. The predicted molar refractivity (Wildman–Crippen MR) is 91.0 cm³/mol. The van der Waals surface area contributed by atoms with E-state index in [2.05, 4.69) is 34.6 Å². The summed E-state index contributed by atoms with van der Waals surface area (Å²) in [5.41, 5.74) is 5.88. The minimum absolute atomic E-state index is 0.0332. The Labute approximate surface area is 138 Å². The maximum atomic E-state index is 14.3. The first-order chi connectivity index (χ1) is 11.2. The van der Waals surface area contributed by atoms with E-state index in [0.717, 1.165) is 10.7 Å². The lowest BCUT2D eigenvalue weighted by Gasteiger charge is -2.18. The lowest BCUT2D eigenvalue weighted by atomic mass is 10.1. The van der Waals surface area contributed by atoms with Crippen LogP contribution in [0, 0.1) is 6.08 Å². The van der Waals surface area contributed by atoms with Crippen molar-refractivity contribution in [1.29, 1.82) is 0 Å². The van der Waals surface area contributed by atoms with Gasteiger partial charge in [-0.05, 0) is 25.9 Å². The molecule has 8 nitrogen and oxygen atoms in total. The van der Waals surface area contributed by atoms with E-state index in [1.165, 1.54) is 6.33 Å². The van der Waals surface area contributed by atoms with E-state index in [1.807, 2.05) is 0 Å². The van der Waals surface area contributed by atoms with E-state index in [9.17, 15) is 14.6 Å². The third kappa shape index (κ3) is 3.04. The van der Waals surface area contributed by atoms with Gasteiger partial charge >= 0.3 is 0 Å². The fourth-order valence-electron chi connectivity index (χ4n) is 2.78. The van der Waals surface area contributed by atoms with E-state index >= 15 is 0 Å². The zero-order valence-corrected chi connectivity index (χ0v) is 14.4. The Bertz CT molecular complexity index is 807. The number of aromatic nitrogens is 4. The molecule has 4 atom stereocenters. The van der Waals surface area contributed by atoms with Crippen LogP contribution in [0.15, 0.2) is 6.33 Å². The Kier molecular flexibility index (Phi) is 4.37. The average molecular weight is 357 g/mol. The number of nitrogen functional groups attached to an aromatic ring is 1. The van der Waals surface area contributed by atoms with E-state index in [-0.39, 0.29) is 17.0 Å². The zero-order valence-electron chi connectivity index (χ0n) is 13.5. The number of hydrogen-bond donors (Lipinski definition) is 3. The zero-order chi connectivity index (χ0) is 17.6. The summed E-state index contributed by atoms with van der Waals surface area (Å²) in [7, 11) is 0. The molecule has 1 fully saturated rings. The highest BCUT2D eigenvalue weighted by Gasteiger charge is 2.45. The number of aliphatic hydroxyl groups is 2. The van der Waals surface area contributed by atoms with Gasteiger partial charge in [-0.25, -0.2) is 9.97 Å².